The standard InChI is InChI=1S/C25H28N2O3S/c1-19-12-14-21(15-13-19)8-6-16-26-25(28)22-9-5-11-24(18-22)31(29,30)27(3)23-10-4-7-20(2)17-23/h4-5,7,9-15,17-18H,6,8,16H2,1-3H3,(H,26,28). The molecule has 0 heterocycles. The van der Waals surface area contributed by atoms with Crippen LogP contribution in [0.25, 0.3) is 0 Å². The molecule has 3 aromatic rings. The zero-order valence-electron chi connectivity index (χ0n) is 18.1. The second-order valence-electron chi connectivity index (χ2n) is 7.68. The van der Waals surface area contributed by atoms with E-state index in [2.05, 4.69) is 36.5 Å². The van der Waals surface area contributed by atoms with Gasteiger partial charge >= 0.3 is 0 Å². The van der Waals surface area contributed by atoms with Gasteiger partial charge in [0, 0.05) is 19.2 Å². The van der Waals surface area contributed by atoms with Gasteiger partial charge in [-0.1, -0.05) is 48.0 Å². The molecule has 0 radical (unpaired) electrons. The molecule has 1 amide bonds. The van der Waals surface area contributed by atoms with Gasteiger partial charge in [-0.2, -0.15) is 0 Å². The van der Waals surface area contributed by atoms with E-state index >= 15 is 0 Å². The van der Waals surface area contributed by atoms with Gasteiger partial charge in [0.15, 0.2) is 0 Å². The Bertz CT molecular complexity index is 1160. The Balaban J connectivity index is 1.64. The van der Waals surface area contributed by atoms with E-state index in [1.54, 1.807) is 18.2 Å². The van der Waals surface area contributed by atoms with Crippen molar-refractivity contribution in [3.8, 4) is 0 Å². The first-order valence-corrected chi connectivity index (χ1v) is 11.7. The Labute approximate surface area is 184 Å². The Morgan fingerprint density at radius 1 is 0.903 bits per heavy atom. The molecule has 0 saturated carbocycles. The lowest BCUT2D eigenvalue weighted by Crippen LogP contribution is -2.28. The van der Waals surface area contributed by atoms with Gasteiger partial charge in [-0.05, 0) is 68.1 Å². The summed E-state index contributed by atoms with van der Waals surface area (Å²) in [6, 6.07) is 21.8. The van der Waals surface area contributed by atoms with E-state index in [1.807, 2.05) is 25.1 Å². The fourth-order valence-corrected chi connectivity index (χ4v) is 4.50. The van der Waals surface area contributed by atoms with Gasteiger partial charge in [0.2, 0.25) is 0 Å². The van der Waals surface area contributed by atoms with E-state index in [0.29, 0.717) is 17.8 Å². The van der Waals surface area contributed by atoms with Crippen LogP contribution >= 0.6 is 0 Å². The van der Waals surface area contributed by atoms with E-state index in [1.165, 1.54) is 34.6 Å². The molecule has 0 aromatic heterocycles. The summed E-state index contributed by atoms with van der Waals surface area (Å²) in [6.07, 6.45) is 1.68. The zero-order chi connectivity index (χ0) is 22.4. The first-order chi connectivity index (χ1) is 14.8. The predicted molar refractivity (Wildman–Crippen MR) is 125 cm³/mol. The van der Waals surface area contributed by atoms with Crippen molar-refractivity contribution in [2.75, 3.05) is 17.9 Å². The van der Waals surface area contributed by atoms with Gasteiger partial charge in [0.1, 0.15) is 0 Å². The van der Waals surface area contributed by atoms with Crippen LogP contribution in [-0.2, 0) is 16.4 Å². The number of carbonyl (C=O) groups is 1. The molecule has 162 valence electrons. The molecule has 0 aliphatic heterocycles. The molecule has 5 nitrogen and oxygen atoms in total. The largest absolute Gasteiger partial charge is 0.352 e. The minimum absolute atomic E-state index is 0.0869. The second-order valence-corrected chi connectivity index (χ2v) is 9.65. The number of anilines is 1. The highest BCUT2D eigenvalue weighted by molar-refractivity contribution is 7.92. The Hall–Kier alpha value is -3.12. The molecule has 3 rings (SSSR count). The smallest absolute Gasteiger partial charge is 0.264 e. The number of aryl methyl sites for hydroxylation is 3. The second kappa shape index (κ2) is 9.79. The third-order valence-electron chi connectivity index (χ3n) is 5.17. The summed E-state index contributed by atoms with van der Waals surface area (Å²) in [7, 11) is -2.26. The van der Waals surface area contributed by atoms with Crippen LogP contribution in [0, 0.1) is 13.8 Å². The van der Waals surface area contributed by atoms with Crippen molar-refractivity contribution < 1.29 is 13.2 Å². The van der Waals surface area contributed by atoms with Gasteiger partial charge in [-0.25, -0.2) is 8.42 Å². The Morgan fingerprint density at radius 2 is 1.61 bits per heavy atom. The molecule has 0 unspecified atom stereocenters. The van der Waals surface area contributed by atoms with Crippen LogP contribution in [0.1, 0.15) is 33.5 Å². The summed E-state index contributed by atoms with van der Waals surface area (Å²) >= 11 is 0. The van der Waals surface area contributed by atoms with Gasteiger partial charge < -0.3 is 5.32 Å². The lowest BCUT2D eigenvalue weighted by molar-refractivity contribution is 0.0953. The van der Waals surface area contributed by atoms with Crippen LogP contribution in [0.3, 0.4) is 0 Å². The average molecular weight is 437 g/mol. The van der Waals surface area contributed by atoms with Crippen molar-refractivity contribution in [1.29, 1.82) is 0 Å². The first kappa shape index (κ1) is 22.6. The van der Waals surface area contributed by atoms with E-state index < -0.39 is 10.0 Å². The van der Waals surface area contributed by atoms with Crippen LogP contribution in [0.4, 0.5) is 5.69 Å². The minimum atomic E-state index is -3.78. The maximum absolute atomic E-state index is 13.1. The average Bonchev–Trinajstić information content (AvgIpc) is 2.77. The predicted octanol–water partition coefficient (Wildman–Crippen LogP) is 4.49. The minimum Gasteiger partial charge on any atom is -0.352 e. The van der Waals surface area contributed by atoms with Crippen molar-refractivity contribution in [3.63, 3.8) is 0 Å². The molecule has 3 aromatic carbocycles. The maximum Gasteiger partial charge on any atom is 0.264 e. The fraction of sp³-hybridized carbons (Fsp3) is 0.240. The SMILES string of the molecule is Cc1ccc(CCCNC(=O)c2cccc(S(=O)(=O)N(C)c3cccc(C)c3)c2)cc1. The molecule has 31 heavy (non-hydrogen) atoms. The molecule has 0 fully saturated rings. The molecular formula is C25H28N2O3S. The summed E-state index contributed by atoms with van der Waals surface area (Å²) in [6.45, 7) is 4.48. The monoisotopic (exact) mass is 436 g/mol. The number of nitrogens with one attached hydrogen (secondary N) is 1. The summed E-state index contributed by atoms with van der Waals surface area (Å²) in [4.78, 5) is 12.6. The van der Waals surface area contributed by atoms with Crippen molar-refractivity contribution in [3.05, 3.63) is 95.1 Å². The van der Waals surface area contributed by atoms with Crippen molar-refractivity contribution in [2.45, 2.75) is 31.6 Å². The van der Waals surface area contributed by atoms with E-state index in [-0.39, 0.29) is 10.8 Å². The summed E-state index contributed by atoms with van der Waals surface area (Å²) in [5.41, 5.74) is 4.32. The zero-order valence-corrected chi connectivity index (χ0v) is 18.9. The van der Waals surface area contributed by atoms with Crippen LogP contribution < -0.4 is 9.62 Å². The normalized spacial score (nSPS) is 11.2. The first-order valence-electron chi connectivity index (χ1n) is 10.3. The third-order valence-corrected chi connectivity index (χ3v) is 6.95. The van der Waals surface area contributed by atoms with Gasteiger partial charge in [0.05, 0.1) is 10.6 Å². The van der Waals surface area contributed by atoms with E-state index in [0.717, 1.165) is 18.4 Å². The molecule has 0 aliphatic carbocycles. The van der Waals surface area contributed by atoms with Crippen LogP contribution in [0.5, 0.6) is 0 Å². The molecule has 1 N–H and O–H groups in total. The highest BCUT2D eigenvalue weighted by Crippen LogP contribution is 2.23. The highest BCUT2D eigenvalue weighted by atomic mass is 32.2. The highest BCUT2D eigenvalue weighted by Gasteiger charge is 2.22. The van der Waals surface area contributed by atoms with E-state index in [9.17, 15) is 13.2 Å². The van der Waals surface area contributed by atoms with Crippen molar-refractivity contribution >= 4 is 21.6 Å². The van der Waals surface area contributed by atoms with Crippen molar-refractivity contribution in [2.24, 2.45) is 0 Å². The summed E-state index contributed by atoms with van der Waals surface area (Å²) in [5.74, 6) is -0.279. The van der Waals surface area contributed by atoms with Gasteiger partial charge in [0.25, 0.3) is 15.9 Å². The number of nitrogens with zero attached hydrogens (tertiary/aromatic N) is 1. The Morgan fingerprint density at radius 3 is 2.32 bits per heavy atom. The molecule has 0 atom stereocenters. The number of rotatable bonds is 8. The number of benzene rings is 3. The molecule has 6 heteroatoms. The maximum atomic E-state index is 13.1. The van der Waals surface area contributed by atoms with Crippen LogP contribution in [-0.4, -0.2) is 27.9 Å². The molecule has 0 bridgehead atoms. The van der Waals surface area contributed by atoms with Gasteiger partial charge in [-0.3, -0.25) is 9.10 Å². The van der Waals surface area contributed by atoms with Gasteiger partial charge in [-0.15, -0.1) is 0 Å². The molecule has 0 aliphatic rings. The van der Waals surface area contributed by atoms with Crippen molar-refractivity contribution in [1.82, 2.24) is 5.32 Å². The topological polar surface area (TPSA) is 66.5 Å². The van der Waals surface area contributed by atoms with Crippen LogP contribution in [0.15, 0.2) is 77.7 Å². The third kappa shape index (κ3) is 5.73. The number of hydrogen-bond donors (Lipinski definition) is 1. The summed E-state index contributed by atoms with van der Waals surface area (Å²) < 4.78 is 27.3. The van der Waals surface area contributed by atoms with E-state index in [4.69, 9.17) is 0 Å². The number of hydrogen-bond acceptors (Lipinski definition) is 3. The lowest BCUT2D eigenvalue weighted by atomic mass is 10.1. The number of amides is 1. The molecule has 0 spiro atoms. The Kier molecular flexibility index (Phi) is 7.13. The molecular weight excluding hydrogens is 408 g/mol. The number of carbonyl (C=O) groups excluding carboxylic acids is 1. The molecule has 0 saturated heterocycles. The summed E-state index contributed by atoms with van der Waals surface area (Å²) in [5, 5.41) is 2.88. The lowest BCUT2D eigenvalue weighted by Gasteiger charge is -2.20. The fourth-order valence-electron chi connectivity index (χ4n) is 3.27. The quantitative estimate of drug-likeness (QED) is 0.529. The number of sulfonamides is 1. The van der Waals surface area contributed by atoms with Crippen LogP contribution in [0.2, 0.25) is 0 Å².